The number of carbonyl (C=O) groups excluding carboxylic acids is 1. The summed E-state index contributed by atoms with van der Waals surface area (Å²) in [5.74, 6) is 0. The third-order valence-corrected chi connectivity index (χ3v) is 3.67. The van der Waals surface area contributed by atoms with E-state index in [9.17, 15) is 4.79 Å². The van der Waals surface area contributed by atoms with Gasteiger partial charge >= 0.3 is 6.03 Å². The number of imidazole rings is 1. The standard InChI is InChI=1S/C16H14Cl2N4O/c17-11-2-1-3-13(8-11)21-16(23)19-7-6-14-10-22-9-12(18)4-5-15(22)20-14/h1-5,8-10H,6-7H2,(H2,19,21,23). The summed E-state index contributed by atoms with van der Waals surface area (Å²) in [6, 6.07) is 10.4. The first-order valence-electron chi connectivity index (χ1n) is 7.04. The monoisotopic (exact) mass is 348 g/mol. The van der Waals surface area contributed by atoms with Gasteiger partial charge in [0.25, 0.3) is 0 Å². The van der Waals surface area contributed by atoms with Crippen LogP contribution in [0.2, 0.25) is 10.0 Å². The number of urea groups is 1. The lowest BCUT2D eigenvalue weighted by atomic mass is 10.3. The van der Waals surface area contributed by atoms with Crippen molar-refractivity contribution in [2.24, 2.45) is 0 Å². The molecule has 0 atom stereocenters. The van der Waals surface area contributed by atoms with Gasteiger partial charge in [0.1, 0.15) is 5.65 Å². The van der Waals surface area contributed by atoms with E-state index in [0.29, 0.717) is 28.7 Å². The third-order valence-electron chi connectivity index (χ3n) is 3.21. The van der Waals surface area contributed by atoms with Crippen molar-refractivity contribution in [3.05, 3.63) is 64.5 Å². The largest absolute Gasteiger partial charge is 0.337 e. The first-order valence-corrected chi connectivity index (χ1v) is 7.79. The summed E-state index contributed by atoms with van der Waals surface area (Å²) in [5, 5.41) is 6.74. The number of hydrogen-bond donors (Lipinski definition) is 2. The van der Waals surface area contributed by atoms with E-state index in [1.165, 1.54) is 0 Å². The molecule has 7 heteroatoms. The molecule has 0 aliphatic carbocycles. The van der Waals surface area contributed by atoms with E-state index in [-0.39, 0.29) is 6.03 Å². The fourth-order valence-corrected chi connectivity index (χ4v) is 2.54. The molecule has 0 saturated carbocycles. The maximum Gasteiger partial charge on any atom is 0.319 e. The van der Waals surface area contributed by atoms with Crippen LogP contribution in [0, 0.1) is 0 Å². The molecular formula is C16H14Cl2N4O. The van der Waals surface area contributed by atoms with Gasteiger partial charge in [-0.25, -0.2) is 9.78 Å². The van der Waals surface area contributed by atoms with Gasteiger partial charge in [-0.05, 0) is 30.3 Å². The van der Waals surface area contributed by atoms with Crippen molar-refractivity contribution in [3.8, 4) is 0 Å². The molecule has 0 spiro atoms. The Balaban J connectivity index is 1.52. The van der Waals surface area contributed by atoms with Crippen LogP contribution in [0.4, 0.5) is 10.5 Å². The zero-order valence-electron chi connectivity index (χ0n) is 12.1. The normalized spacial score (nSPS) is 10.7. The fourth-order valence-electron chi connectivity index (χ4n) is 2.18. The Labute approximate surface area is 143 Å². The Morgan fingerprint density at radius 3 is 2.83 bits per heavy atom. The van der Waals surface area contributed by atoms with E-state index in [1.54, 1.807) is 36.5 Å². The molecule has 5 nitrogen and oxygen atoms in total. The minimum atomic E-state index is -0.279. The number of aromatic nitrogens is 2. The molecule has 1 aromatic carbocycles. The summed E-state index contributed by atoms with van der Waals surface area (Å²) in [7, 11) is 0. The molecule has 2 aromatic heterocycles. The highest BCUT2D eigenvalue weighted by atomic mass is 35.5. The van der Waals surface area contributed by atoms with E-state index in [0.717, 1.165) is 11.3 Å². The maximum absolute atomic E-state index is 11.8. The van der Waals surface area contributed by atoms with Gasteiger partial charge in [0.15, 0.2) is 0 Å². The predicted molar refractivity (Wildman–Crippen MR) is 92.4 cm³/mol. The van der Waals surface area contributed by atoms with Gasteiger partial charge in [-0.3, -0.25) is 0 Å². The predicted octanol–water partition coefficient (Wildman–Crippen LogP) is 4.01. The van der Waals surface area contributed by atoms with Gasteiger partial charge in [0, 0.05) is 36.1 Å². The molecule has 0 fully saturated rings. The number of nitrogens with one attached hydrogen (secondary N) is 2. The molecule has 2 heterocycles. The van der Waals surface area contributed by atoms with Crippen LogP contribution >= 0.6 is 23.2 Å². The van der Waals surface area contributed by atoms with E-state index >= 15 is 0 Å². The Morgan fingerprint density at radius 1 is 1.13 bits per heavy atom. The molecule has 0 aliphatic rings. The first-order chi connectivity index (χ1) is 11.1. The second-order valence-corrected chi connectivity index (χ2v) is 5.86. The topological polar surface area (TPSA) is 58.4 Å². The number of fused-ring (bicyclic) bond motifs is 1. The van der Waals surface area contributed by atoms with E-state index in [4.69, 9.17) is 23.2 Å². The molecule has 118 valence electrons. The van der Waals surface area contributed by atoms with Crippen LogP contribution in [-0.4, -0.2) is 22.0 Å². The number of hydrogen-bond acceptors (Lipinski definition) is 2. The summed E-state index contributed by atoms with van der Waals surface area (Å²) in [5.41, 5.74) is 2.36. The summed E-state index contributed by atoms with van der Waals surface area (Å²) in [6.07, 6.45) is 4.33. The van der Waals surface area contributed by atoms with Crippen LogP contribution in [-0.2, 0) is 6.42 Å². The average molecular weight is 349 g/mol. The van der Waals surface area contributed by atoms with Gasteiger partial charge in [-0.2, -0.15) is 0 Å². The summed E-state index contributed by atoms with van der Waals surface area (Å²) in [6.45, 7) is 0.476. The van der Waals surface area contributed by atoms with Crippen LogP contribution in [0.25, 0.3) is 5.65 Å². The number of pyridine rings is 1. The van der Waals surface area contributed by atoms with Crippen molar-refractivity contribution in [3.63, 3.8) is 0 Å². The number of carbonyl (C=O) groups is 1. The lowest BCUT2D eigenvalue weighted by molar-refractivity contribution is 0.252. The molecule has 2 N–H and O–H groups in total. The molecule has 0 aliphatic heterocycles. The van der Waals surface area contributed by atoms with Gasteiger partial charge in [0.05, 0.1) is 10.7 Å². The second-order valence-electron chi connectivity index (χ2n) is 4.99. The second kappa shape index (κ2) is 6.89. The molecule has 0 saturated heterocycles. The lowest BCUT2D eigenvalue weighted by Crippen LogP contribution is -2.30. The summed E-state index contributed by atoms with van der Waals surface area (Å²) < 4.78 is 1.86. The number of anilines is 1. The van der Waals surface area contributed by atoms with Crippen molar-refractivity contribution in [1.29, 1.82) is 0 Å². The molecule has 3 aromatic rings. The van der Waals surface area contributed by atoms with Crippen LogP contribution in [0.5, 0.6) is 0 Å². The maximum atomic E-state index is 11.8. The van der Waals surface area contributed by atoms with Gasteiger partial charge in [-0.15, -0.1) is 0 Å². The highest BCUT2D eigenvalue weighted by molar-refractivity contribution is 6.31. The minimum Gasteiger partial charge on any atom is -0.337 e. The van der Waals surface area contributed by atoms with Crippen LogP contribution in [0.3, 0.4) is 0 Å². The Kier molecular flexibility index (Phi) is 4.69. The van der Waals surface area contributed by atoms with E-state index in [1.807, 2.05) is 16.7 Å². The number of rotatable bonds is 4. The molecule has 3 rings (SSSR count). The Morgan fingerprint density at radius 2 is 2.00 bits per heavy atom. The molecule has 0 radical (unpaired) electrons. The van der Waals surface area contributed by atoms with E-state index in [2.05, 4.69) is 15.6 Å². The third kappa shape index (κ3) is 4.15. The van der Waals surface area contributed by atoms with E-state index < -0.39 is 0 Å². The van der Waals surface area contributed by atoms with Crippen molar-refractivity contribution in [1.82, 2.24) is 14.7 Å². The average Bonchev–Trinajstić information content (AvgIpc) is 2.89. The number of nitrogens with zero attached hydrogens (tertiary/aromatic N) is 2. The number of benzene rings is 1. The van der Waals surface area contributed by atoms with Crippen LogP contribution in [0.15, 0.2) is 48.8 Å². The smallest absolute Gasteiger partial charge is 0.319 e. The molecule has 0 unspecified atom stereocenters. The van der Waals surface area contributed by atoms with Crippen molar-refractivity contribution in [2.75, 3.05) is 11.9 Å². The lowest BCUT2D eigenvalue weighted by Gasteiger charge is -2.07. The first kappa shape index (κ1) is 15.6. The zero-order valence-corrected chi connectivity index (χ0v) is 13.6. The fraction of sp³-hybridized carbons (Fsp3) is 0.125. The quantitative estimate of drug-likeness (QED) is 0.748. The van der Waals surface area contributed by atoms with Crippen molar-refractivity contribution >= 4 is 40.6 Å². The SMILES string of the molecule is O=C(NCCc1cn2cc(Cl)ccc2n1)Nc1cccc(Cl)c1. The highest BCUT2D eigenvalue weighted by Crippen LogP contribution is 2.14. The van der Waals surface area contributed by atoms with Crippen molar-refractivity contribution < 1.29 is 4.79 Å². The number of halogens is 2. The molecular weight excluding hydrogens is 335 g/mol. The van der Waals surface area contributed by atoms with Gasteiger partial charge in [0.2, 0.25) is 0 Å². The van der Waals surface area contributed by atoms with Crippen molar-refractivity contribution in [2.45, 2.75) is 6.42 Å². The Bertz CT molecular complexity index is 847. The number of amides is 2. The molecule has 2 amide bonds. The molecule has 0 bridgehead atoms. The molecule has 23 heavy (non-hydrogen) atoms. The summed E-state index contributed by atoms with van der Waals surface area (Å²) >= 11 is 11.8. The van der Waals surface area contributed by atoms with Gasteiger partial charge in [-0.1, -0.05) is 29.3 Å². The Hall–Kier alpha value is -2.24. The van der Waals surface area contributed by atoms with Crippen LogP contribution in [0.1, 0.15) is 5.69 Å². The highest BCUT2D eigenvalue weighted by Gasteiger charge is 2.05. The van der Waals surface area contributed by atoms with Gasteiger partial charge < -0.3 is 15.0 Å². The van der Waals surface area contributed by atoms with Crippen LogP contribution < -0.4 is 10.6 Å². The minimum absolute atomic E-state index is 0.279. The summed E-state index contributed by atoms with van der Waals surface area (Å²) in [4.78, 5) is 16.3. The zero-order chi connectivity index (χ0) is 16.2.